The van der Waals surface area contributed by atoms with Crippen LogP contribution < -0.4 is 5.32 Å². The fourth-order valence-electron chi connectivity index (χ4n) is 4.84. The van der Waals surface area contributed by atoms with Gasteiger partial charge >= 0.3 is 0 Å². The molecular weight excluding hydrogens is 538 g/mol. The van der Waals surface area contributed by atoms with Crippen LogP contribution in [0.4, 0.5) is 5.13 Å². The Hall–Kier alpha value is -4.85. The molecule has 1 saturated heterocycles. The fraction of sp³-hybridized carbons (Fsp3) is 0.194. The van der Waals surface area contributed by atoms with E-state index in [1.807, 2.05) is 42.5 Å². The Bertz CT molecular complexity index is 1640. The molecule has 2 aromatic carbocycles. The lowest BCUT2D eigenvalue weighted by molar-refractivity contribution is -0.120. The zero-order valence-electron chi connectivity index (χ0n) is 21.9. The number of benzene rings is 2. The highest BCUT2D eigenvalue weighted by molar-refractivity contribution is 7.13. The maximum absolute atomic E-state index is 13.6. The van der Waals surface area contributed by atoms with Crippen molar-refractivity contribution >= 4 is 34.2 Å². The molecule has 2 aliphatic rings. The van der Waals surface area contributed by atoms with Crippen molar-refractivity contribution in [2.45, 2.75) is 12.6 Å². The van der Waals surface area contributed by atoms with Gasteiger partial charge in [-0.1, -0.05) is 48.2 Å². The number of carbonyl (C=O) groups excluding carboxylic acids is 3. The minimum absolute atomic E-state index is 0.122. The van der Waals surface area contributed by atoms with Crippen molar-refractivity contribution in [2.24, 2.45) is 0 Å². The maximum atomic E-state index is 13.6. The van der Waals surface area contributed by atoms with E-state index in [1.165, 1.54) is 11.3 Å². The topological polar surface area (TPSA) is 105 Å². The number of morpholine rings is 1. The summed E-state index contributed by atoms with van der Waals surface area (Å²) in [6, 6.07) is 17.4. The zero-order valence-corrected chi connectivity index (χ0v) is 22.8. The second kappa shape index (κ2) is 11.7. The number of amides is 3. The summed E-state index contributed by atoms with van der Waals surface area (Å²) in [4.78, 5) is 51.4. The van der Waals surface area contributed by atoms with Crippen LogP contribution in [0.5, 0.6) is 0 Å². The summed E-state index contributed by atoms with van der Waals surface area (Å²) < 4.78 is 5.30. The van der Waals surface area contributed by atoms with Crippen LogP contribution >= 0.6 is 11.3 Å². The average molecular weight is 564 g/mol. The summed E-state index contributed by atoms with van der Waals surface area (Å²) in [7, 11) is 0. The van der Waals surface area contributed by atoms with Gasteiger partial charge < -0.3 is 14.5 Å². The average Bonchev–Trinajstić information content (AvgIpc) is 3.64. The Labute approximate surface area is 240 Å². The first-order valence-corrected chi connectivity index (χ1v) is 14.0. The van der Waals surface area contributed by atoms with Gasteiger partial charge in [-0.3, -0.25) is 19.7 Å². The number of anilines is 1. The number of pyridine rings is 1. The SMILES string of the molecule is O=C(Nc1nccs1)[C@@H](c1ccccc1)N1Cc2ccc(C#Cc3ccc(C(=O)N4CCOCC4)nc3)cc2C1=O. The van der Waals surface area contributed by atoms with Gasteiger partial charge in [-0.05, 0) is 35.4 Å². The smallest absolute Gasteiger partial charge is 0.272 e. The van der Waals surface area contributed by atoms with E-state index >= 15 is 0 Å². The van der Waals surface area contributed by atoms with E-state index in [0.29, 0.717) is 65.9 Å². The summed E-state index contributed by atoms with van der Waals surface area (Å²) in [6.07, 6.45) is 3.19. The third-order valence-corrected chi connectivity index (χ3v) is 7.60. The largest absolute Gasteiger partial charge is 0.378 e. The van der Waals surface area contributed by atoms with E-state index in [9.17, 15) is 14.4 Å². The molecule has 0 aliphatic carbocycles. The third kappa shape index (κ3) is 5.72. The predicted octanol–water partition coefficient (Wildman–Crippen LogP) is 3.75. The summed E-state index contributed by atoms with van der Waals surface area (Å²) in [5.74, 6) is 5.47. The Morgan fingerprint density at radius 2 is 1.76 bits per heavy atom. The van der Waals surface area contributed by atoms with Crippen LogP contribution in [0.2, 0.25) is 0 Å². The van der Waals surface area contributed by atoms with Gasteiger partial charge in [-0.15, -0.1) is 11.3 Å². The molecule has 0 spiro atoms. The molecule has 0 unspecified atom stereocenters. The standard InChI is InChI=1S/C31H25N5O4S/c37-28(34-31-32-12-17-41-31)27(23-4-2-1-3-5-23)36-20-24-10-8-21(18-25(24)29(36)38)6-7-22-9-11-26(33-19-22)30(39)35-13-15-40-16-14-35/h1-5,8-12,17-19,27H,13-16,20H2,(H,32,34,37)/t27-/m1/s1. The number of ether oxygens (including phenoxy) is 1. The molecule has 1 atom stereocenters. The monoisotopic (exact) mass is 563 g/mol. The molecule has 0 radical (unpaired) electrons. The molecule has 2 aliphatic heterocycles. The second-order valence-electron chi connectivity index (χ2n) is 9.53. The van der Waals surface area contributed by atoms with Crippen molar-refractivity contribution in [1.29, 1.82) is 0 Å². The van der Waals surface area contributed by atoms with Crippen LogP contribution in [-0.4, -0.2) is 63.8 Å². The van der Waals surface area contributed by atoms with Crippen LogP contribution in [0, 0.1) is 11.8 Å². The van der Waals surface area contributed by atoms with Crippen molar-refractivity contribution in [1.82, 2.24) is 19.8 Å². The molecule has 0 bridgehead atoms. The molecule has 1 N–H and O–H groups in total. The second-order valence-corrected chi connectivity index (χ2v) is 10.4. The van der Waals surface area contributed by atoms with Crippen LogP contribution in [0.25, 0.3) is 0 Å². The lowest BCUT2D eigenvalue weighted by atomic mass is 10.0. The summed E-state index contributed by atoms with van der Waals surface area (Å²) in [6.45, 7) is 2.47. The number of nitrogens with one attached hydrogen (secondary N) is 1. The van der Waals surface area contributed by atoms with Crippen molar-refractivity contribution < 1.29 is 19.1 Å². The normalized spacial score (nSPS) is 15.1. The Kier molecular flexibility index (Phi) is 7.54. The molecule has 41 heavy (non-hydrogen) atoms. The highest BCUT2D eigenvalue weighted by Gasteiger charge is 2.37. The van der Waals surface area contributed by atoms with E-state index in [0.717, 1.165) is 5.56 Å². The van der Waals surface area contributed by atoms with Gasteiger partial charge in [0.05, 0.1) is 13.2 Å². The van der Waals surface area contributed by atoms with E-state index in [-0.39, 0.29) is 17.7 Å². The molecule has 10 heteroatoms. The van der Waals surface area contributed by atoms with E-state index in [2.05, 4.69) is 27.1 Å². The summed E-state index contributed by atoms with van der Waals surface area (Å²) in [5, 5.41) is 5.10. The van der Waals surface area contributed by atoms with Crippen molar-refractivity contribution in [3.8, 4) is 11.8 Å². The van der Waals surface area contributed by atoms with Gasteiger partial charge in [0, 0.05) is 54.1 Å². The number of fused-ring (bicyclic) bond motifs is 1. The molecule has 4 heterocycles. The van der Waals surface area contributed by atoms with Crippen LogP contribution in [0.3, 0.4) is 0 Å². The first-order valence-electron chi connectivity index (χ1n) is 13.1. The molecule has 9 nitrogen and oxygen atoms in total. The van der Waals surface area contributed by atoms with E-state index < -0.39 is 6.04 Å². The number of hydrogen-bond donors (Lipinski definition) is 1. The lowest BCUT2D eigenvalue weighted by Gasteiger charge is -2.27. The van der Waals surface area contributed by atoms with E-state index in [4.69, 9.17) is 4.74 Å². The predicted molar refractivity (Wildman–Crippen MR) is 153 cm³/mol. The van der Waals surface area contributed by atoms with Gasteiger partial charge in [0.2, 0.25) is 0 Å². The lowest BCUT2D eigenvalue weighted by Crippen LogP contribution is -2.41. The van der Waals surface area contributed by atoms with Gasteiger partial charge in [0.25, 0.3) is 17.7 Å². The number of thiazole rings is 1. The minimum atomic E-state index is -0.820. The van der Waals surface area contributed by atoms with Crippen LogP contribution in [0.15, 0.2) is 78.4 Å². The van der Waals surface area contributed by atoms with Crippen molar-refractivity contribution in [2.75, 3.05) is 31.6 Å². The summed E-state index contributed by atoms with van der Waals surface area (Å²) >= 11 is 1.32. The first kappa shape index (κ1) is 26.4. The molecule has 6 rings (SSSR count). The molecule has 3 amide bonds. The number of carbonyl (C=O) groups is 3. The Balaban J connectivity index is 1.19. The van der Waals surface area contributed by atoms with Gasteiger partial charge in [0.15, 0.2) is 5.13 Å². The molecule has 0 saturated carbocycles. The van der Waals surface area contributed by atoms with Crippen molar-refractivity contribution in [3.05, 3.63) is 112 Å². The molecule has 4 aromatic rings. The van der Waals surface area contributed by atoms with E-state index in [1.54, 1.807) is 45.8 Å². The molecule has 2 aromatic heterocycles. The Morgan fingerprint density at radius 1 is 0.976 bits per heavy atom. The zero-order chi connectivity index (χ0) is 28.2. The quantitative estimate of drug-likeness (QED) is 0.371. The van der Waals surface area contributed by atoms with Gasteiger partial charge in [-0.25, -0.2) is 9.97 Å². The Morgan fingerprint density at radius 3 is 2.49 bits per heavy atom. The molecular formula is C31H25N5O4S. The maximum Gasteiger partial charge on any atom is 0.272 e. The number of nitrogens with zero attached hydrogens (tertiary/aromatic N) is 4. The van der Waals surface area contributed by atoms with Crippen LogP contribution in [-0.2, 0) is 16.1 Å². The fourth-order valence-corrected chi connectivity index (χ4v) is 5.38. The molecule has 204 valence electrons. The first-order chi connectivity index (χ1) is 20.1. The van der Waals surface area contributed by atoms with Gasteiger partial charge in [0.1, 0.15) is 11.7 Å². The molecule has 1 fully saturated rings. The van der Waals surface area contributed by atoms with Crippen molar-refractivity contribution in [3.63, 3.8) is 0 Å². The van der Waals surface area contributed by atoms with Crippen LogP contribution in [0.1, 0.15) is 49.1 Å². The number of rotatable bonds is 5. The number of hydrogen-bond acceptors (Lipinski definition) is 7. The minimum Gasteiger partial charge on any atom is -0.378 e. The third-order valence-electron chi connectivity index (χ3n) is 6.91. The highest BCUT2D eigenvalue weighted by Crippen LogP contribution is 2.33. The number of aromatic nitrogens is 2. The summed E-state index contributed by atoms with van der Waals surface area (Å²) in [5.41, 5.74) is 3.75. The highest BCUT2D eigenvalue weighted by atomic mass is 32.1. The van der Waals surface area contributed by atoms with Gasteiger partial charge in [-0.2, -0.15) is 0 Å².